The summed E-state index contributed by atoms with van der Waals surface area (Å²) in [6.45, 7) is 0.987. The molecule has 152 valence electrons. The van der Waals surface area contributed by atoms with Crippen molar-refractivity contribution in [3.05, 3.63) is 54.0 Å². The van der Waals surface area contributed by atoms with Gasteiger partial charge in [0.05, 0.1) is 36.7 Å². The SMILES string of the molecule is N#CCCN(CC(=O)Nc1ccccc1C(=O)NC1CCCC1)Cc1ccco1. The lowest BCUT2D eigenvalue weighted by Gasteiger charge is -2.20. The molecule has 0 bridgehead atoms. The predicted octanol–water partition coefficient (Wildman–Crippen LogP) is 3.31. The van der Waals surface area contributed by atoms with Gasteiger partial charge >= 0.3 is 0 Å². The van der Waals surface area contributed by atoms with E-state index in [0.29, 0.717) is 30.8 Å². The molecule has 3 rings (SSSR count). The average molecular weight is 394 g/mol. The summed E-state index contributed by atoms with van der Waals surface area (Å²) < 4.78 is 5.35. The molecule has 1 aromatic carbocycles. The molecule has 1 saturated carbocycles. The molecular weight excluding hydrogens is 368 g/mol. The summed E-state index contributed by atoms with van der Waals surface area (Å²) in [5.41, 5.74) is 0.952. The summed E-state index contributed by atoms with van der Waals surface area (Å²) in [4.78, 5) is 27.1. The zero-order valence-corrected chi connectivity index (χ0v) is 16.4. The number of benzene rings is 1. The highest BCUT2D eigenvalue weighted by Gasteiger charge is 2.20. The molecule has 2 amide bonds. The number of hydrogen-bond acceptors (Lipinski definition) is 5. The maximum atomic E-state index is 12.7. The largest absolute Gasteiger partial charge is 0.468 e. The minimum atomic E-state index is -0.240. The molecule has 1 fully saturated rings. The number of carbonyl (C=O) groups is 2. The Kier molecular flexibility index (Phi) is 7.42. The van der Waals surface area contributed by atoms with E-state index in [1.54, 1.807) is 36.6 Å². The van der Waals surface area contributed by atoms with Crippen molar-refractivity contribution in [3.63, 3.8) is 0 Å². The first kappa shape index (κ1) is 20.6. The van der Waals surface area contributed by atoms with E-state index in [4.69, 9.17) is 9.68 Å². The fourth-order valence-corrected chi connectivity index (χ4v) is 3.56. The van der Waals surface area contributed by atoms with Gasteiger partial charge in [0.1, 0.15) is 5.76 Å². The molecule has 0 saturated heterocycles. The van der Waals surface area contributed by atoms with Crippen molar-refractivity contribution in [1.29, 1.82) is 5.26 Å². The van der Waals surface area contributed by atoms with E-state index in [-0.39, 0.29) is 24.4 Å². The van der Waals surface area contributed by atoms with Gasteiger partial charge < -0.3 is 15.1 Å². The summed E-state index contributed by atoms with van der Waals surface area (Å²) in [6.07, 6.45) is 6.17. The van der Waals surface area contributed by atoms with Gasteiger partial charge in [0, 0.05) is 19.0 Å². The van der Waals surface area contributed by atoms with Crippen LogP contribution in [0.2, 0.25) is 0 Å². The molecule has 0 spiro atoms. The Morgan fingerprint density at radius 1 is 1.17 bits per heavy atom. The third-order valence-corrected chi connectivity index (χ3v) is 5.00. The lowest BCUT2D eigenvalue weighted by Crippen LogP contribution is -2.35. The normalized spacial score (nSPS) is 13.9. The smallest absolute Gasteiger partial charge is 0.253 e. The Bertz CT molecular complexity index is 851. The van der Waals surface area contributed by atoms with E-state index >= 15 is 0 Å². The van der Waals surface area contributed by atoms with Crippen LogP contribution in [0.3, 0.4) is 0 Å². The van der Waals surface area contributed by atoms with E-state index in [2.05, 4.69) is 16.7 Å². The van der Waals surface area contributed by atoms with Gasteiger partial charge in [-0.3, -0.25) is 14.5 Å². The number of anilines is 1. The minimum Gasteiger partial charge on any atom is -0.468 e. The van der Waals surface area contributed by atoms with E-state index in [1.807, 2.05) is 11.0 Å². The van der Waals surface area contributed by atoms with Crippen LogP contribution in [0.5, 0.6) is 0 Å². The van der Waals surface area contributed by atoms with Crippen molar-refractivity contribution in [2.45, 2.75) is 44.7 Å². The van der Waals surface area contributed by atoms with Crippen LogP contribution in [0.4, 0.5) is 5.69 Å². The molecular formula is C22H26N4O3. The van der Waals surface area contributed by atoms with Crippen LogP contribution in [0, 0.1) is 11.3 Å². The number of rotatable bonds is 9. The van der Waals surface area contributed by atoms with Gasteiger partial charge in [-0.1, -0.05) is 25.0 Å². The standard InChI is InChI=1S/C22H26N4O3/c23-12-6-13-26(15-18-9-5-14-29-18)16-21(27)25-20-11-4-3-10-19(20)22(28)24-17-7-1-2-8-17/h3-5,9-11,14,17H,1-2,6-8,13,15-16H2,(H,24,28)(H,25,27). The average Bonchev–Trinajstić information content (AvgIpc) is 3.40. The van der Waals surface area contributed by atoms with Crippen molar-refractivity contribution in [1.82, 2.24) is 10.2 Å². The second-order valence-corrected chi connectivity index (χ2v) is 7.25. The van der Waals surface area contributed by atoms with Crippen LogP contribution < -0.4 is 10.6 Å². The van der Waals surface area contributed by atoms with Gasteiger partial charge in [-0.25, -0.2) is 0 Å². The molecule has 1 aliphatic rings. The van der Waals surface area contributed by atoms with Gasteiger partial charge in [-0.05, 0) is 37.1 Å². The molecule has 0 atom stereocenters. The molecule has 1 aromatic heterocycles. The Balaban J connectivity index is 1.62. The van der Waals surface area contributed by atoms with Crippen molar-refractivity contribution in [3.8, 4) is 6.07 Å². The van der Waals surface area contributed by atoms with Crippen molar-refractivity contribution in [2.24, 2.45) is 0 Å². The molecule has 0 unspecified atom stereocenters. The highest BCUT2D eigenvalue weighted by Crippen LogP contribution is 2.20. The topological polar surface area (TPSA) is 98.4 Å². The number of amides is 2. The van der Waals surface area contributed by atoms with Gasteiger partial charge in [0.25, 0.3) is 5.91 Å². The highest BCUT2D eigenvalue weighted by atomic mass is 16.3. The highest BCUT2D eigenvalue weighted by molar-refractivity contribution is 6.04. The van der Waals surface area contributed by atoms with Gasteiger partial charge in [-0.2, -0.15) is 5.26 Å². The van der Waals surface area contributed by atoms with Gasteiger partial charge in [0.2, 0.25) is 5.91 Å². The summed E-state index contributed by atoms with van der Waals surface area (Å²) in [5, 5.41) is 14.8. The molecule has 2 aromatic rings. The van der Waals surface area contributed by atoms with E-state index in [0.717, 1.165) is 31.4 Å². The molecule has 1 heterocycles. The molecule has 2 N–H and O–H groups in total. The summed E-state index contributed by atoms with van der Waals surface area (Å²) >= 11 is 0. The third-order valence-electron chi connectivity index (χ3n) is 5.00. The first-order valence-corrected chi connectivity index (χ1v) is 9.97. The quantitative estimate of drug-likeness (QED) is 0.680. The molecule has 29 heavy (non-hydrogen) atoms. The van der Waals surface area contributed by atoms with Crippen LogP contribution in [-0.2, 0) is 11.3 Å². The lowest BCUT2D eigenvalue weighted by atomic mass is 10.1. The molecule has 0 radical (unpaired) electrons. The first-order valence-electron chi connectivity index (χ1n) is 9.97. The fraction of sp³-hybridized carbons (Fsp3) is 0.409. The van der Waals surface area contributed by atoms with Crippen molar-refractivity contribution < 1.29 is 14.0 Å². The molecule has 1 aliphatic carbocycles. The third kappa shape index (κ3) is 6.19. The van der Waals surface area contributed by atoms with Crippen molar-refractivity contribution >= 4 is 17.5 Å². The maximum absolute atomic E-state index is 12.7. The minimum absolute atomic E-state index is 0.0982. The Hall–Kier alpha value is -3.11. The number of nitriles is 1. The van der Waals surface area contributed by atoms with E-state index < -0.39 is 0 Å². The summed E-state index contributed by atoms with van der Waals surface area (Å²) in [5.74, 6) is 0.326. The van der Waals surface area contributed by atoms with Gasteiger partial charge in [-0.15, -0.1) is 0 Å². The summed E-state index contributed by atoms with van der Waals surface area (Å²) in [6, 6.07) is 13.0. The molecule has 7 heteroatoms. The van der Waals surface area contributed by atoms with Crippen LogP contribution in [0.1, 0.15) is 48.2 Å². The Morgan fingerprint density at radius 3 is 2.69 bits per heavy atom. The first-order chi connectivity index (χ1) is 14.2. The molecule has 7 nitrogen and oxygen atoms in total. The second kappa shape index (κ2) is 10.4. The van der Waals surface area contributed by atoms with E-state index in [1.165, 1.54) is 0 Å². The number of para-hydroxylation sites is 1. The number of furan rings is 1. The number of hydrogen-bond donors (Lipinski definition) is 2. The van der Waals surface area contributed by atoms with Crippen LogP contribution in [0.15, 0.2) is 47.1 Å². The zero-order valence-electron chi connectivity index (χ0n) is 16.4. The van der Waals surface area contributed by atoms with Crippen LogP contribution in [0.25, 0.3) is 0 Å². The Labute approximate surface area is 170 Å². The number of nitrogens with one attached hydrogen (secondary N) is 2. The number of carbonyl (C=O) groups excluding carboxylic acids is 2. The lowest BCUT2D eigenvalue weighted by molar-refractivity contribution is -0.117. The van der Waals surface area contributed by atoms with Crippen molar-refractivity contribution in [2.75, 3.05) is 18.4 Å². The Morgan fingerprint density at radius 2 is 1.97 bits per heavy atom. The van der Waals surface area contributed by atoms with Crippen LogP contribution >= 0.6 is 0 Å². The van der Waals surface area contributed by atoms with E-state index in [9.17, 15) is 9.59 Å². The summed E-state index contributed by atoms with van der Waals surface area (Å²) in [7, 11) is 0. The monoisotopic (exact) mass is 394 g/mol. The zero-order chi connectivity index (χ0) is 20.5. The maximum Gasteiger partial charge on any atom is 0.253 e. The fourth-order valence-electron chi connectivity index (χ4n) is 3.56. The van der Waals surface area contributed by atoms with Gasteiger partial charge in [0.15, 0.2) is 0 Å². The predicted molar refractivity (Wildman–Crippen MR) is 109 cm³/mol. The molecule has 0 aliphatic heterocycles. The second-order valence-electron chi connectivity index (χ2n) is 7.25. The van der Waals surface area contributed by atoms with Crippen LogP contribution in [-0.4, -0.2) is 35.8 Å². The number of nitrogens with zero attached hydrogens (tertiary/aromatic N) is 2.